The standard InChI is InChI=1S/C7H9NS2.Na.H/c1-2-5-4-8-6(9)3-7(8)10-5;;/h4,7H,2-3H2,1H3;;/t7-;;/m0../s1. The molecular weight excluding hydrogens is 185 g/mol. The van der Waals surface area contributed by atoms with Gasteiger partial charge in [0.15, 0.2) is 0 Å². The van der Waals surface area contributed by atoms with E-state index in [-0.39, 0.29) is 29.6 Å². The van der Waals surface area contributed by atoms with Crippen molar-refractivity contribution in [2.75, 3.05) is 0 Å². The van der Waals surface area contributed by atoms with Gasteiger partial charge in [0.1, 0.15) is 0 Å². The van der Waals surface area contributed by atoms with E-state index in [1.54, 1.807) is 0 Å². The van der Waals surface area contributed by atoms with Gasteiger partial charge in [0, 0.05) is 17.5 Å². The summed E-state index contributed by atoms with van der Waals surface area (Å²) in [6.45, 7) is 2.19. The third-order valence-electron chi connectivity index (χ3n) is 1.87. The van der Waals surface area contributed by atoms with E-state index in [0.717, 1.165) is 17.8 Å². The van der Waals surface area contributed by atoms with Crippen molar-refractivity contribution in [3.63, 3.8) is 0 Å². The molecule has 0 aromatic carbocycles. The summed E-state index contributed by atoms with van der Waals surface area (Å²) >= 11 is 7.05. The van der Waals surface area contributed by atoms with Crippen LogP contribution in [0, 0.1) is 0 Å². The SMILES string of the molecule is CCC1=CN2C(=S)C[C@@H]2S1.[NaH]. The maximum atomic E-state index is 5.09. The van der Waals surface area contributed by atoms with Crippen LogP contribution in [0.5, 0.6) is 0 Å². The van der Waals surface area contributed by atoms with Crippen molar-refractivity contribution >= 4 is 58.5 Å². The fourth-order valence-corrected chi connectivity index (χ4v) is 2.93. The number of hydrogen-bond acceptors (Lipinski definition) is 2. The van der Waals surface area contributed by atoms with Gasteiger partial charge in [-0.15, -0.1) is 11.8 Å². The molecule has 0 aromatic rings. The first kappa shape index (κ1) is 10.1. The molecule has 1 saturated heterocycles. The first-order valence-electron chi connectivity index (χ1n) is 3.50. The van der Waals surface area contributed by atoms with Gasteiger partial charge in [-0.2, -0.15) is 0 Å². The van der Waals surface area contributed by atoms with E-state index in [2.05, 4.69) is 18.0 Å². The van der Waals surface area contributed by atoms with Crippen molar-refractivity contribution in [3.8, 4) is 0 Å². The molecule has 0 bridgehead atoms. The maximum absolute atomic E-state index is 5.09. The number of thiocarbonyl (C=S) groups is 1. The number of hydrogen-bond donors (Lipinski definition) is 0. The van der Waals surface area contributed by atoms with Crippen LogP contribution >= 0.6 is 24.0 Å². The van der Waals surface area contributed by atoms with Crippen molar-refractivity contribution < 1.29 is 0 Å². The van der Waals surface area contributed by atoms with Crippen LogP contribution in [0.3, 0.4) is 0 Å². The van der Waals surface area contributed by atoms with Crippen molar-refractivity contribution in [2.24, 2.45) is 0 Å². The summed E-state index contributed by atoms with van der Waals surface area (Å²) in [5.41, 5.74) is 0. The van der Waals surface area contributed by atoms with Gasteiger partial charge in [0.2, 0.25) is 0 Å². The molecule has 0 aromatic heterocycles. The Morgan fingerprint density at radius 2 is 2.55 bits per heavy atom. The summed E-state index contributed by atoms with van der Waals surface area (Å²) in [4.78, 5) is 4.80. The third kappa shape index (κ3) is 1.68. The van der Waals surface area contributed by atoms with Gasteiger partial charge < -0.3 is 4.90 Å². The first-order valence-corrected chi connectivity index (χ1v) is 4.78. The van der Waals surface area contributed by atoms with Gasteiger partial charge in [-0.05, 0) is 6.42 Å². The first-order chi connectivity index (χ1) is 4.81. The van der Waals surface area contributed by atoms with Gasteiger partial charge in [0.05, 0.1) is 10.4 Å². The van der Waals surface area contributed by atoms with Crippen molar-refractivity contribution in [1.29, 1.82) is 0 Å². The topological polar surface area (TPSA) is 3.24 Å². The van der Waals surface area contributed by atoms with Gasteiger partial charge in [-0.3, -0.25) is 0 Å². The van der Waals surface area contributed by atoms with E-state index >= 15 is 0 Å². The fourth-order valence-electron chi connectivity index (χ4n) is 1.19. The molecule has 2 aliphatic rings. The minimum absolute atomic E-state index is 0. The molecule has 11 heavy (non-hydrogen) atoms. The molecular formula is C7H10NNaS2. The van der Waals surface area contributed by atoms with E-state index in [1.165, 1.54) is 4.91 Å². The van der Waals surface area contributed by atoms with Crippen LogP contribution in [0.4, 0.5) is 0 Å². The van der Waals surface area contributed by atoms with Crippen LogP contribution in [-0.4, -0.2) is 44.8 Å². The predicted molar refractivity (Wildman–Crippen MR) is 56.0 cm³/mol. The average molecular weight is 195 g/mol. The Morgan fingerprint density at radius 1 is 1.82 bits per heavy atom. The van der Waals surface area contributed by atoms with Gasteiger partial charge in [-0.1, -0.05) is 19.1 Å². The second kappa shape index (κ2) is 3.79. The Balaban J connectivity index is 0.000000605. The number of rotatable bonds is 1. The number of allylic oxidation sites excluding steroid dienone is 1. The molecule has 2 rings (SSSR count). The van der Waals surface area contributed by atoms with E-state index in [9.17, 15) is 0 Å². The summed E-state index contributed by atoms with van der Waals surface area (Å²) < 4.78 is 0. The molecule has 2 heterocycles. The Kier molecular flexibility index (Phi) is 3.47. The fraction of sp³-hybridized carbons (Fsp3) is 0.571. The number of fused-ring (bicyclic) bond motifs is 1. The Morgan fingerprint density at radius 3 is 3.00 bits per heavy atom. The molecule has 4 heteroatoms. The van der Waals surface area contributed by atoms with Crippen LogP contribution in [0.25, 0.3) is 0 Å². The van der Waals surface area contributed by atoms with Crippen LogP contribution in [-0.2, 0) is 0 Å². The summed E-state index contributed by atoms with van der Waals surface area (Å²) in [5.74, 6) is 0. The van der Waals surface area contributed by atoms with E-state index in [4.69, 9.17) is 12.2 Å². The summed E-state index contributed by atoms with van der Waals surface area (Å²) in [7, 11) is 0. The van der Waals surface area contributed by atoms with Gasteiger partial charge in [-0.25, -0.2) is 0 Å². The zero-order chi connectivity index (χ0) is 7.14. The second-order valence-electron chi connectivity index (χ2n) is 2.53. The predicted octanol–water partition coefficient (Wildman–Crippen LogP) is 1.70. The molecule has 1 nitrogen and oxygen atoms in total. The van der Waals surface area contributed by atoms with Crippen LogP contribution < -0.4 is 0 Å². The summed E-state index contributed by atoms with van der Waals surface area (Å²) in [5, 5.41) is 0.669. The molecule has 56 valence electrons. The van der Waals surface area contributed by atoms with E-state index in [0.29, 0.717) is 5.37 Å². The minimum atomic E-state index is 0. The van der Waals surface area contributed by atoms with Crippen LogP contribution in [0.1, 0.15) is 19.8 Å². The molecule has 0 amide bonds. The third-order valence-corrected chi connectivity index (χ3v) is 3.61. The zero-order valence-electron chi connectivity index (χ0n) is 5.83. The monoisotopic (exact) mass is 195 g/mol. The van der Waals surface area contributed by atoms with Crippen molar-refractivity contribution in [2.45, 2.75) is 25.1 Å². The summed E-state index contributed by atoms with van der Waals surface area (Å²) in [6, 6.07) is 0. The zero-order valence-corrected chi connectivity index (χ0v) is 7.47. The number of nitrogens with zero attached hydrogens (tertiary/aromatic N) is 1. The molecule has 2 aliphatic heterocycles. The van der Waals surface area contributed by atoms with Crippen molar-refractivity contribution in [3.05, 3.63) is 11.1 Å². The molecule has 0 saturated carbocycles. The Labute approximate surface area is 98.9 Å². The molecule has 0 unspecified atom stereocenters. The van der Waals surface area contributed by atoms with E-state index in [1.807, 2.05) is 11.8 Å². The molecule has 0 aliphatic carbocycles. The Hall–Kier alpha value is 0.980. The average Bonchev–Trinajstić information content (AvgIpc) is 2.26. The molecule has 0 spiro atoms. The van der Waals surface area contributed by atoms with Gasteiger partial charge in [0.25, 0.3) is 0 Å². The van der Waals surface area contributed by atoms with Crippen LogP contribution in [0.2, 0.25) is 0 Å². The summed E-state index contributed by atoms with van der Waals surface area (Å²) in [6.07, 6.45) is 4.46. The normalized spacial score (nSPS) is 27.0. The molecule has 0 radical (unpaired) electrons. The van der Waals surface area contributed by atoms with Crippen molar-refractivity contribution in [1.82, 2.24) is 4.90 Å². The second-order valence-corrected chi connectivity index (χ2v) is 4.30. The van der Waals surface area contributed by atoms with E-state index < -0.39 is 0 Å². The quantitative estimate of drug-likeness (QED) is 0.463. The molecule has 1 fully saturated rings. The number of thioether (sulfide) groups is 1. The van der Waals surface area contributed by atoms with Crippen LogP contribution in [0.15, 0.2) is 11.1 Å². The molecule has 1 atom stereocenters. The Bertz CT molecular complexity index is 214. The van der Waals surface area contributed by atoms with Gasteiger partial charge >= 0.3 is 29.6 Å². The molecule has 0 N–H and O–H groups in total.